The van der Waals surface area contributed by atoms with Gasteiger partial charge >= 0.3 is 12.0 Å². The molecule has 0 aliphatic rings. The lowest BCUT2D eigenvalue weighted by molar-refractivity contribution is -0.141. The summed E-state index contributed by atoms with van der Waals surface area (Å²) in [6.45, 7) is 7.28. The third-order valence-electron chi connectivity index (χ3n) is 2.61. The number of aliphatic carboxylic acids is 1. The Morgan fingerprint density at radius 3 is 2.42 bits per heavy atom. The second kappa shape index (κ2) is 5.77. The summed E-state index contributed by atoms with van der Waals surface area (Å²) < 4.78 is 5.29. The van der Waals surface area contributed by atoms with Crippen molar-refractivity contribution >= 4 is 12.0 Å². The first-order valence-corrected chi connectivity index (χ1v) is 6.02. The molecule has 106 valence electrons. The zero-order chi connectivity index (χ0) is 14.6. The first-order valence-electron chi connectivity index (χ1n) is 6.02. The lowest BCUT2D eigenvalue weighted by Crippen LogP contribution is -2.52. The Balaban J connectivity index is 2.52. The van der Waals surface area contributed by atoms with Gasteiger partial charge in [0.2, 0.25) is 0 Å². The highest BCUT2D eigenvalue weighted by Crippen LogP contribution is 2.19. The number of hydrogen-bond acceptors (Lipinski definition) is 3. The van der Waals surface area contributed by atoms with E-state index >= 15 is 0 Å². The van der Waals surface area contributed by atoms with Crippen LogP contribution >= 0.6 is 0 Å². The predicted molar refractivity (Wildman–Crippen MR) is 69.7 cm³/mol. The molecule has 0 radical (unpaired) electrons. The van der Waals surface area contributed by atoms with Gasteiger partial charge in [-0.3, -0.25) is 0 Å². The van der Waals surface area contributed by atoms with Crippen LogP contribution in [-0.2, 0) is 11.3 Å². The molecule has 0 spiro atoms. The number of urea groups is 1. The summed E-state index contributed by atoms with van der Waals surface area (Å²) in [6, 6.07) is 2.07. The summed E-state index contributed by atoms with van der Waals surface area (Å²) in [5.41, 5.74) is -0.565. The summed E-state index contributed by atoms with van der Waals surface area (Å²) in [5.74, 6) is 0.321. The Bertz CT molecular complexity index is 459. The highest BCUT2D eigenvalue weighted by molar-refractivity contribution is 5.83. The molecule has 1 aromatic heterocycles. The van der Waals surface area contributed by atoms with Crippen molar-refractivity contribution < 1.29 is 19.1 Å². The van der Waals surface area contributed by atoms with Crippen LogP contribution in [0.1, 0.15) is 32.3 Å². The molecule has 1 aromatic rings. The van der Waals surface area contributed by atoms with Crippen molar-refractivity contribution in [2.45, 2.75) is 40.3 Å². The predicted octanol–water partition coefficient (Wildman–Crippen LogP) is 1.89. The Morgan fingerprint density at radius 1 is 1.37 bits per heavy atom. The zero-order valence-electron chi connectivity index (χ0n) is 11.6. The fraction of sp³-hybridized carbons (Fsp3) is 0.538. The molecule has 0 aliphatic carbocycles. The van der Waals surface area contributed by atoms with Crippen LogP contribution in [-0.4, -0.2) is 23.1 Å². The molecule has 0 saturated heterocycles. The van der Waals surface area contributed by atoms with Crippen LogP contribution in [0, 0.1) is 12.3 Å². The Labute approximate surface area is 112 Å². The van der Waals surface area contributed by atoms with Crippen LogP contribution in [0.3, 0.4) is 0 Å². The van der Waals surface area contributed by atoms with Gasteiger partial charge in [-0.15, -0.1) is 0 Å². The van der Waals surface area contributed by atoms with Gasteiger partial charge in [0.1, 0.15) is 17.6 Å². The number of rotatable bonds is 4. The summed E-state index contributed by atoms with van der Waals surface area (Å²) >= 11 is 0. The number of carboxylic acids is 1. The van der Waals surface area contributed by atoms with Crippen molar-refractivity contribution in [1.29, 1.82) is 0 Å². The topological polar surface area (TPSA) is 91.6 Å². The van der Waals surface area contributed by atoms with Crippen molar-refractivity contribution in [3.63, 3.8) is 0 Å². The molecule has 0 saturated carbocycles. The molecule has 6 nitrogen and oxygen atoms in total. The van der Waals surface area contributed by atoms with E-state index in [2.05, 4.69) is 10.6 Å². The summed E-state index contributed by atoms with van der Waals surface area (Å²) in [6.07, 6.45) is 0. The molecule has 0 bridgehead atoms. The molecule has 1 rings (SSSR count). The number of hydrogen-bond donors (Lipinski definition) is 3. The smallest absolute Gasteiger partial charge is 0.326 e. The minimum absolute atomic E-state index is 0.218. The van der Waals surface area contributed by atoms with E-state index in [1.165, 1.54) is 0 Å². The number of carboxylic acid groups (broad SMARTS) is 1. The van der Waals surface area contributed by atoms with Gasteiger partial charge < -0.3 is 20.2 Å². The Kier molecular flexibility index (Phi) is 4.58. The fourth-order valence-corrected chi connectivity index (χ4v) is 1.58. The molecule has 1 atom stereocenters. The Hall–Kier alpha value is -1.98. The first-order chi connectivity index (χ1) is 8.70. The minimum Gasteiger partial charge on any atom is -0.480 e. The van der Waals surface area contributed by atoms with Gasteiger partial charge in [0, 0.05) is 0 Å². The van der Waals surface area contributed by atoms with Gasteiger partial charge in [-0.2, -0.15) is 0 Å². The van der Waals surface area contributed by atoms with Gasteiger partial charge in [-0.05, 0) is 24.5 Å². The van der Waals surface area contributed by atoms with Crippen molar-refractivity contribution in [2.24, 2.45) is 5.41 Å². The van der Waals surface area contributed by atoms with Crippen LogP contribution in [0.25, 0.3) is 0 Å². The molecule has 0 fully saturated rings. The van der Waals surface area contributed by atoms with Crippen LogP contribution in [0.2, 0.25) is 0 Å². The molecule has 0 aromatic carbocycles. The SMILES string of the molecule is Cc1ccc(CNC(=O)N[C@H](C(=O)O)C(C)(C)C)o1. The van der Waals surface area contributed by atoms with E-state index in [0.717, 1.165) is 5.76 Å². The maximum absolute atomic E-state index is 11.7. The second-order valence-electron chi connectivity index (χ2n) is 5.48. The van der Waals surface area contributed by atoms with Gasteiger partial charge in [0.15, 0.2) is 0 Å². The van der Waals surface area contributed by atoms with E-state index in [0.29, 0.717) is 5.76 Å². The van der Waals surface area contributed by atoms with E-state index in [9.17, 15) is 9.59 Å². The number of furan rings is 1. The van der Waals surface area contributed by atoms with E-state index < -0.39 is 23.5 Å². The number of carbonyl (C=O) groups excluding carboxylic acids is 1. The average molecular weight is 268 g/mol. The standard InChI is InChI=1S/C13H20N2O4/c1-8-5-6-9(19-8)7-14-12(18)15-10(11(16)17)13(2,3)4/h5-6,10H,7H2,1-4H3,(H,16,17)(H2,14,15,18)/t10-/m1/s1. The van der Waals surface area contributed by atoms with Crippen LogP contribution < -0.4 is 10.6 Å². The van der Waals surface area contributed by atoms with Gasteiger partial charge in [-0.25, -0.2) is 9.59 Å². The maximum atomic E-state index is 11.7. The lowest BCUT2D eigenvalue weighted by Gasteiger charge is -2.27. The average Bonchev–Trinajstić information content (AvgIpc) is 2.67. The largest absolute Gasteiger partial charge is 0.480 e. The van der Waals surface area contributed by atoms with Crippen LogP contribution in [0.15, 0.2) is 16.5 Å². The number of carbonyl (C=O) groups is 2. The molecule has 3 N–H and O–H groups in total. The summed E-state index contributed by atoms with van der Waals surface area (Å²) in [4.78, 5) is 22.8. The van der Waals surface area contributed by atoms with Crippen molar-refractivity contribution in [1.82, 2.24) is 10.6 Å². The fourth-order valence-electron chi connectivity index (χ4n) is 1.58. The lowest BCUT2D eigenvalue weighted by atomic mass is 9.87. The number of aryl methyl sites for hydroxylation is 1. The van der Waals surface area contributed by atoms with Crippen LogP contribution in [0.5, 0.6) is 0 Å². The summed E-state index contributed by atoms with van der Waals surface area (Å²) in [7, 11) is 0. The monoisotopic (exact) mass is 268 g/mol. The number of nitrogens with one attached hydrogen (secondary N) is 2. The molecular formula is C13H20N2O4. The van der Waals surface area contributed by atoms with Gasteiger partial charge in [0.25, 0.3) is 0 Å². The molecule has 19 heavy (non-hydrogen) atoms. The third kappa shape index (κ3) is 4.65. The number of amides is 2. The van der Waals surface area contributed by atoms with Crippen molar-refractivity contribution in [2.75, 3.05) is 0 Å². The Morgan fingerprint density at radius 2 is 2.00 bits per heavy atom. The van der Waals surface area contributed by atoms with Gasteiger partial charge in [0.05, 0.1) is 6.54 Å². The van der Waals surface area contributed by atoms with E-state index in [-0.39, 0.29) is 6.54 Å². The van der Waals surface area contributed by atoms with Crippen molar-refractivity contribution in [3.8, 4) is 0 Å². The first kappa shape index (κ1) is 15.1. The van der Waals surface area contributed by atoms with Gasteiger partial charge in [-0.1, -0.05) is 20.8 Å². The molecule has 0 aliphatic heterocycles. The van der Waals surface area contributed by atoms with Crippen LogP contribution in [0.4, 0.5) is 4.79 Å². The third-order valence-corrected chi connectivity index (χ3v) is 2.61. The minimum atomic E-state index is -1.06. The molecule has 0 unspecified atom stereocenters. The van der Waals surface area contributed by atoms with E-state index in [1.807, 2.05) is 6.92 Å². The maximum Gasteiger partial charge on any atom is 0.326 e. The highest BCUT2D eigenvalue weighted by atomic mass is 16.4. The second-order valence-corrected chi connectivity index (χ2v) is 5.48. The van der Waals surface area contributed by atoms with E-state index in [4.69, 9.17) is 9.52 Å². The molecule has 6 heteroatoms. The molecular weight excluding hydrogens is 248 g/mol. The quantitative estimate of drug-likeness (QED) is 0.777. The van der Waals surface area contributed by atoms with E-state index in [1.54, 1.807) is 32.9 Å². The zero-order valence-corrected chi connectivity index (χ0v) is 11.6. The molecule has 1 heterocycles. The molecule has 2 amide bonds. The highest BCUT2D eigenvalue weighted by Gasteiger charge is 2.32. The van der Waals surface area contributed by atoms with Crippen molar-refractivity contribution in [3.05, 3.63) is 23.7 Å². The normalized spacial score (nSPS) is 12.8. The summed E-state index contributed by atoms with van der Waals surface area (Å²) in [5, 5.41) is 14.1.